The van der Waals surface area contributed by atoms with Crippen molar-refractivity contribution in [3.05, 3.63) is 24.8 Å². The first-order valence-corrected chi connectivity index (χ1v) is 8.84. The molecule has 0 heterocycles. The molecular formula is C20H34O2. The molecule has 0 saturated heterocycles. The van der Waals surface area contributed by atoms with Crippen LogP contribution >= 0.6 is 0 Å². The Morgan fingerprint density at radius 2 is 1.95 bits per heavy atom. The topological polar surface area (TPSA) is 40.5 Å². The van der Waals surface area contributed by atoms with Crippen molar-refractivity contribution in [2.75, 3.05) is 0 Å². The van der Waals surface area contributed by atoms with Gasteiger partial charge < -0.3 is 10.2 Å². The quantitative estimate of drug-likeness (QED) is 0.752. The normalized spacial score (nSPS) is 45.0. The van der Waals surface area contributed by atoms with E-state index in [2.05, 4.69) is 33.9 Å². The summed E-state index contributed by atoms with van der Waals surface area (Å²) in [5, 5.41) is 22.0. The predicted molar refractivity (Wildman–Crippen MR) is 92.5 cm³/mol. The molecule has 0 aromatic carbocycles. The van der Waals surface area contributed by atoms with Crippen molar-refractivity contribution in [2.45, 2.75) is 77.4 Å². The first kappa shape index (κ1) is 17.7. The van der Waals surface area contributed by atoms with Gasteiger partial charge in [-0.3, -0.25) is 0 Å². The molecule has 2 N–H and O–H groups in total. The molecule has 2 fully saturated rings. The van der Waals surface area contributed by atoms with Crippen LogP contribution in [0.2, 0.25) is 0 Å². The third-order valence-corrected chi connectivity index (χ3v) is 7.09. The van der Waals surface area contributed by atoms with Crippen molar-refractivity contribution in [3.8, 4) is 0 Å². The summed E-state index contributed by atoms with van der Waals surface area (Å²) in [6, 6.07) is 0. The SMILES string of the molecule is C=CC(C)(O)CCC1(O)C(C)CCC2C(=C)C(C)CCC21C. The van der Waals surface area contributed by atoms with Crippen molar-refractivity contribution in [2.24, 2.45) is 23.2 Å². The molecule has 2 nitrogen and oxygen atoms in total. The second-order valence-electron chi connectivity index (χ2n) is 8.45. The fourth-order valence-electron chi connectivity index (χ4n) is 4.95. The lowest BCUT2D eigenvalue weighted by molar-refractivity contribution is -0.183. The summed E-state index contributed by atoms with van der Waals surface area (Å²) in [5.41, 5.74) is -0.426. The average Bonchev–Trinajstić information content (AvgIpc) is 2.47. The molecule has 2 heteroatoms. The Labute approximate surface area is 136 Å². The van der Waals surface area contributed by atoms with Gasteiger partial charge in [0, 0.05) is 5.41 Å². The minimum absolute atomic E-state index is 0.120. The molecule has 2 saturated carbocycles. The van der Waals surface area contributed by atoms with E-state index >= 15 is 0 Å². The highest BCUT2D eigenvalue weighted by Gasteiger charge is 2.58. The molecule has 0 aromatic rings. The molecular weight excluding hydrogens is 272 g/mol. The molecule has 0 bridgehead atoms. The standard InChI is InChI=1S/C20H34O2/c1-7-18(5,21)12-13-20(22)15(3)8-9-17-16(4)14(2)10-11-19(17,20)6/h7,14-15,17,21-22H,1,4,8-13H2,2-3,5-6H3. The van der Waals surface area contributed by atoms with Crippen LogP contribution in [0.5, 0.6) is 0 Å². The number of rotatable bonds is 4. The number of allylic oxidation sites excluding steroid dienone is 1. The Morgan fingerprint density at radius 1 is 1.32 bits per heavy atom. The van der Waals surface area contributed by atoms with Crippen LogP contribution in [0.4, 0.5) is 0 Å². The Hall–Kier alpha value is -0.600. The van der Waals surface area contributed by atoms with Crippen molar-refractivity contribution in [1.29, 1.82) is 0 Å². The molecule has 22 heavy (non-hydrogen) atoms. The van der Waals surface area contributed by atoms with E-state index in [0.29, 0.717) is 24.7 Å². The van der Waals surface area contributed by atoms with Gasteiger partial charge in [-0.2, -0.15) is 0 Å². The molecule has 0 radical (unpaired) electrons. The highest BCUT2D eigenvalue weighted by Crippen LogP contribution is 2.61. The lowest BCUT2D eigenvalue weighted by Crippen LogP contribution is -2.60. The maximum absolute atomic E-state index is 11.7. The van der Waals surface area contributed by atoms with E-state index in [1.54, 1.807) is 13.0 Å². The lowest BCUT2D eigenvalue weighted by Gasteiger charge is -2.60. The third kappa shape index (κ3) is 2.69. The maximum atomic E-state index is 11.7. The van der Waals surface area contributed by atoms with Gasteiger partial charge in [0.15, 0.2) is 0 Å². The Bertz CT molecular complexity index is 453. The van der Waals surface area contributed by atoms with Crippen LogP contribution in [0, 0.1) is 23.2 Å². The van der Waals surface area contributed by atoms with Gasteiger partial charge in [-0.05, 0) is 63.2 Å². The first-order valence-electron chi connectivity index (χ1n) is 8.84. The second-order valence-corrected chi connectivity index (χ2v) is 8.45. The smallest absolute Gasteiger partial charge is 0.0798 e. The van der Waals surface area contributed by atoms with Crippen LogP contribution in [-0.2, 0) is 0 Å². The Kier molecular flexibility index (Phi) is 4.68. The number of hydrogen-bond acceptors (Lipinski definition) is 2. The highest BCUT2D eigenvalue weighted by molar-refractivity contribution is 5.21. The van der Waals surface area contributed by atoms with Gasteiger partial charge in [0.1, 0.15) is 0 Å². The zero-order chi connectivity index (χ0) is 16.8. The van der Waals surface area contributed by atoms with Gasteiger partial charge in [-0.25, -0.2) is 0 Å². The molecule has 2 aliphatic carbocycles. The summed E-state index contributed by atoms with van der Waals surface area (Å²) in [4.78, 5) is 0. The monoisotopic (exact) mass is 306 g/mol. The molecule has 2 aliphatic rings. The molecule has 126 valence electrons. The zero-order valence-corrected chi connectivity index (χ0v) is 14.9. The molecule has 6 unspecified atom stereocenters. The van der Waals surface area contributed by atoms with Crippen LogP contribution in [0.3, 0.4) is 0 Å². The molecule has 0 aliphatic heterocycles. The maximum Gasteiger partial charge on any atom is 0.0798 e. The summed E-state index contributed by atoms with van der Waals surface area (Å²) in [7, 11) is 0. The van der Waals surface area contributed by atoms with Crippen molar-refractivity contribution >= 4 is 0 Å². The Morgan fingerprint density at radius 3 is 2.55 bits per heavy atom. The highest BCUT2D eigenvalue weighted by atomic mass is 16.3. The van der Waals surface area contributed by atoms with Gasteiger partial charge in [-0.15, -0.1) is 6.58 Å². The number of hydrogen-bond donors (Lipinski definition) is 2. The summed E-state index contributed by atoms with van der Waals surface area (Å²) >= 11 is 0. The molecule has 0 aromatic heterocycles. The summed E-state index contributed by atoms with van der Waals surface area (Å²) in [6.07, 6.45) is 7.11. The van der Waals surface area contributed by atoms with E-state index in [0.717, 1.165) is 25.7 Å². The Balaban J connectivity index is 2.30. The van der Waals surface area contributed by atoms with Crippen molar-refractivity contribution < 1.29 is 10.2 Å². The van der Waals surface area contributed by atoms with E-state index in [1.807, 2.05) is 0 Å². The van der Waals surface area contributed by atoms with Crippen LogP contribution in [-0.4, -0.2) is 21.4 Å². The van der Waals surface area contributed by atoms with E-state index in [9.17, 15) is 10.2 Å². The van der Waals surface area contributed by atoms with Crippen LogP contribution < -0.4 is 0 Å². The summed E-state index contributed by atoms with van der Waals surface area (Å²) in [6.45, 7) is 16.5. The fraction of sp³-hybridized carbons (Fsp3) is 0.800. The lowest BCUT2D eigenvalue weighted by atomic mass is 9.47. The van der Waals surface area contributed by atoms with Crippen molar-refractivity contribution in [1.82, 2.24) is 0 Å². The zero-order valence-electron chi connectivity index (χ0n) is 14.9. The van der Waals surface area contributed by atoms with Crippen LogP contribution in [0.25, 0.3) is 0 Å². The van der Waals surface area contributed by atoms with Crippen molar-refractivity contribution in [3.63, 3.8) is 0 Å². The second kappa shape index (κ2) is 5.79. The van der Waals surface area contributed by atoms with E-state index in [-0.39, 0.29) is 11.3 Å². The van der Waals surface area contributed by atoms with Gasteiger partial charge in [0.2, 0.25) is 0 Å². The van der Waals surface area contributed by atoms with E-state index in [4.69, 9.17) is 0 Å². The first-order chi connectivity index (χ1) is 10.1. The van der Waals surface area contributed by atoms with Crippen LogP contribution in [0.1, 0.15) is 66.2 Å². The number of aliphatic hydroxyl groups is 2. The molecule has 2 rings (SSSR count). The van der Waals surface area contributed by atoms with Gasteiger partial charge >= 0.3 is 0 Å². The average molecular weight is 306 g/mol. The van der Waals surface area contributed by atoms with Gasteiger partial charge in [-0.1, -0.05) is 39.0 Å². The van der Waals surface area contributed by atoms with Gasteiger partial charge in [0.25, 0.3) is 0 Å². The minimum atomic E-state index is -0.905. The van der Waals surface area contributed by atoms with Gasteiger partial charge in [0.05, 0.1) is 11.2 Å². The fourth-order valence-corrected chi connectivity index (χ4v) is 4.95. The largest absolute Gasteiger partial charge is 0.389 e. The van der Waals surface area contributed by atoms with Crippen LogP contribution in [0.15, 0.2) is 24.8 Å². The van der Waals surface area contributed by atoms with E-state index in [1.165, 1.54) is 5.57 Å². The van der Waals surface area contributed by atoms with E-state index < -0.39 is 11.2 Å². The predicted octanol–water partition coefficient (Wildman–Crippen LogP) is 4.47. The molecule has 0 amide bonds. The molecule has 6 atom stereocenters. The third-order valence-electron chi connectivity index (χ3n) is 7.09. The molecule has 0 spiro atoms. The number of fused-ring (bicyclic) bond motifs is 1. The minimum Gasteiger partial charge on any atom is -0.389 e. The summed E-state index contributed by atoms with van der Waals surface area (Å²) in [5.74, 6) is 1.23. The summed E-state index contributed by atoms with van der Waals surface area (Å²) < 4.78 is 0.